The number of halogens is 3. The van der Waals surface area contributed by atoms with Crippen molar-refractivity contribution >= 4 is 29.2 Å². The van der Waals surface area contributed by atoms with E-state index in [1.54, 1.807) is 24.8 Å². The number of fused-ring (bicyclic) bond motifs is 1. The largest absolute Gasteiger partial charge is 0.471 e. The zero-order valence-corrected chi connectivity index (χ0v) is 16.5. The van der Waals surface area contributed by atoms with Crippen LogP contribution in [-0.2, 0) is 17.9 Å². The Morgan fingerprint density at radius 3 is 2.79 bits per heavy atom. The second-order valence-corrected chi connectivity index (χ2v) is 7.23. The van der Waals surface area contributed by atoms with Crippen LogP contribution in [0.5, 0.6) is 5.88 Å². The lowest BCUT2D eigenvalue weighted by atomic mass is 10.1. The summed E-state index contributed by atoms with van der Waals surface area (Å²) in [7, 11) is 0. The Labute approximate surface area is 171 Å². The van der Waals surface area contributed by atoms with Crippen molar-refractivity contribution in [1.29, 1.82) is 0 Å². The molecule has 29 heavy (non-hydrogen) atoms. The molecule has 0 atom stereocenters. The molecule has 2 aromatic rings. The van der Waals surface area contributed by atoms with Crippen molar-refractivity contribution < 1.29 is 23.1 Å². The molecular formula is C19H19ClF2N4O3. The van der Waals surface area contributed by atoms with E-state index >= 15 is 0 Å². The van der Waals surface area contributed by atoms with Crippen LogP contribution in [0.2, 0.25) is 5.02 Å². The summed E-state index contributed by atoms with van der Waals surface area (Å²) in [6.45, 7) is 3.19. The zero-order valence-electron chi connectivity index (χ0n) is 15.8. The Balaban J connectivity index is 1.74. The average Bonchev–Trinajstić information content (AvgIpc) is 2.98. The Bertz CT molecular complexity index is 940. The molecule has 0 unspecified atom stereocenters. The molecule has 1 aliphatic rings. The van der Waals surface area contributed by atoms with E-state index in [-0.39, 0.29) is 41.7 Å². The maximum Gasteiger partial charge on any atom is 0.272 e. The fourth-order valence-electron chi connectivity index (χ4n) is 2.80. The molecule has 0 fully saturated rings. The summed E-state index contributed by atoms with van der Waals surface area (Å²) in [6.07, 6.45) is 0.263. The summed E-state index contributed by atoms with van der Waals surface area (Å²) in [4.78, 5) is 34.4. The van der Waals surface area contributed by atoms with Crippen molar-refractivity contribution in [2.45, 2.75) is 33.4 Å². The number of carbonyl (C=O) groups excluding carboxylic acids is 2. The van der Waals surface area contributed by atoms with Crippen molar-refractivity contribution in [3.8, 4) is 5.88 Å². The van der Waals surface area contributed by atoms with E-state index in [9.17, 15) is 18.4 Å². The first-order valence-corrected chi connectivity index (χ1v) is 9.27. The van der Waals surface area contributed by atoms with Gasteiger partial charge in [-0.2, -0.15) is 0 Å². The molecule has 0 spiro atoms. The van der Waals surface area contributed by atoms with E-state index in [1.807, 2.05) is 0 Å². The molecule has 0 bridgehead atoms. The van der Waals surface area contributed by atoms with Crippen LogP contribution in [-0.4, -0.2) is 39.7 Å². The lowest BCUT2D eigenvalue weighted by Gasteiger charge is -2.16. The number of hydrogen-bond donors (Lipinski definition) is 1. The van der Waals surface area contributed by atoms with Gasteiger partial charge >= 0.3 is 0 Å². The van der Waals surface area contributed by atoms with Gasteiger partial charge in [0.1, 0.15) is 10.8 Å². The van der Waals surface area contributed by atoms with E-state index in [4.69, 9.17) is 16.3 Å². The predicted octanol–water partition coefficient (Wildman–Crippen LogP) is 3.52. The van der Waals surface area contributed by atoms with Crippen LogP contribution in [0.4, 0.5) is 14.6 Å². The molecule has 1 N–H and O–H groups in total. The molecule has 2 amide bonds. The minimum Gasteiger partial charge on any atom is -0.471 e. The number of aromatic nitrogens is 2. The molecule has 1 aliphatic heterocycles. The standard InChI is InChI=1S/C19H19ClF2N4O3/c1-10(2)17(27)25-16-13-8-26(19(28)12(13)3-4-23-16)7-11-5-14(20)18(24-6-11)29-9-15(21)22/h3-6,10,15H,7-9H2,1-2H3,(H,23,25,27). The number of nitrogens with one attached hydrogen (secondary N) is 1. The fraction of sp³-hybridized carbons (Fsp3) is 0.368. The van der Waals surface area contributed by atoms with Gasteiger partial charge in [-0.3, -0.25) is 9.59 Å². The summed E-state index contributed by atoms with van der Waals surface area (Å²) in [5.74, 6) is -0.345. The van der Waals surface area contributed by atoms with Crippen LogP contribution < -0.4 is 10.1 Å². The number of hydrogen-bond acceptors (Lipinski definition) is 5. The molecule has 154 valence electrons. The molecule has 0 radical (unpaired) electrons. The first-order valence-electron chi connectivity index (χ1n) is 8.89. The first-order chi connectivity index (χ1) is 13.8. The van der Waals surface area contributed by atoms with Crippen molar-refractivity contribution in [2.75, 3.05) is 11.9 Å². The third-order valence-electron chi connectivity index (χ3n) is 4.27. The lowest BCUT2D eigenvalue weighted by molar-refractivity contribution is -0.118. The topological polar surface area (TPSA) is 84.4 Å². The van der Waals surface area contributed by atoms with Crippen LogP contribution in [0.3, 0.4) is 0 Å². The van der Waals surface area contributed by atoms with Gasteiger partial charge in [0.05, 0.1) is 6.54 Å². The number of alkyl halides is 2. The van der Waals surface area contributed by atoms with Gasteiger partial charge in [0, 0.05) is 36.0 Å². The third kappa shape index (κ3) is 4.79. The monoisotopic (exact) mass is 424 g/mol. The van der Waals surface area contributed by atoms with Gasteiger partial charge in [0.25, 0.3) is 12.3 Å². The van der Waals surface area contributed by atoms with Gasteiger partial charge in [-0.05, 0) is 17.7 Å². The highest BCUT2D eigenvalue weighted by Gasteiger charge is 2.31. The van der Waals surface area contributed by atoms with E-state index in [2.05, 4.69) is 15.3 Å². The molecule has 3 rings (SSSR count). The molecule has 7 nitrogen and oxygen atoms in total. The molecular weight excluding hydrogens is 406 g/mol. The van der Waals surface area contributed by atoms with Crippen molar-refractivity contribution in [1.82, 2.24) is 14.9 Å². The number of nitrogens with zero attached hydrogens (tertiary/aromatic N) is 3. The third-order valence-corrected chi connectivity index (χ3v) is 4.54. The SMILES string of the molecule is CC(C)C(=O)Nc1nccc2c1CN(Cc1cnc(OCC(F)F)c(Cl)c1)C2=O. The summed E-state index contributed by atoms with van der Waals surface area (Å²) >= 11 is 6.04. The smallest absolute Gasteiger partial charge is 0.272 e. The maximum absolute atomic E-state index is 12.7. The van der Waals surface area contributed by atoms with Crippen molar-refractivity contribution in [2.24, 2.45) is 5.92 Å². The van der Waals surface area contributed by atoms with Gasteiger partial charge < -0.3 is 15.0 Å². The summed E-state index contributed by atoms with van der Waals surface area (Å²) in [5.41, 5.74) is 1.72. The van der Waals surface area contributed by atoms with Crippen molar-refractivity contribution in [3.63, 3.8) is 0 Å². The molecule has 10 heteroatoms. The average molecular weight is 425 g/mol. The van der Waals surface area contributed by atoms with Gasteiger partial charge in [-0.25, -0.2) is 18.7 Å². The summed E-state index contributed by atoms with van der Waals surface area (Å²) in [5, 5.41) is 2.83. The highest BCUT2D eigenvalue weighted by atomic mass is 35.5. The van der Waals surface area contributed by atoms with E-state index in [0.717, 1.165) is 0 Å². The molecule has 2 aromatic heterocycles. The summed E-state index contributed by atoms with van der Waals surface area (Å²) in [6, 6.07) is 3.13. The molecule has 3 heterocycles. The number of carbonyl (C=O) groups is 2. The Kier molecular flexibility index (Phi) is 6.26. The highest BCUT2D eigenvalue weighted by Crippen LogP contribution is 2.30. The van der Waals surface area contributed by atoms with Crippen molar-refractivity contribution in [3.05, 3.63) is 46.2 Å². The highest BCUT2D eigenvalue weighted by molar-refractivity contribution is 6.31. The van der Waals surface area contributed by atoms with Crippen LogP contribution in [0.15, 0.2) is 24.5 Å². The second kappa shape index (κ2) is 8.69. The second-order valence-electron chi connectivity index (χ2n) is 6.82. The van der Waals surface area contributed by atoms with E-state index in [1.165, 1.54) is 18.5 Å². The summed E-state index contributed by atoms with van der Waals surface area (Å²) < 4.78 is 29.4. The van der Waals surface area contributed by atoms with Gasteiger partial charge in [0.2, 0.25) is 11.8 Å². The maximum atomic E-state index is 12.7. The number of anilines is 1. The molecule has 0 saturated carbocycles. The molecule has 0 saturated heterocycles. The molecule has 0 aromatic carbocycles. The minimum atomic E-state index is -2.63. The lowest BCUT2D eigenvalue weighted by Crippen LogP contribution is -2.23. The first kappa shape index (κ1) is 20.9. The van der Waals surface area contributed by atoms with E-state index < -0.39 is 13.0 Å². The quantitative estimate of drug-likeness (QED) is 0.735. The van der Waals surface area contributed by atoms with Gasteiger partial charge in [-0.15, -0.1) is 0 Å². The van der Waals surface area contributed by atoms with Gasteiger partial charge in [0.15, 0.2) is 6.61 Å². The predicted molar refractivity (Wildman–Crippen MR) is 102 cm³/mol. The Morgan fingerprint density at radius 2 is 2.14 bits per heavy atom. The zero-order chi connectivity index (χ0) is 21.1. The van der Waals surface area contributed by atoms with Crippen LogP contribution in [0.25, 0.3) is 0 Å². The Hall–Kier alpha value is -2.81. The van der Waals surface area contributed by atoms with Crippen LogP contribution in [0, 0.1) is 5.92 Å². The number of ether oxygens (including phenoxy) is 1. The van der Waals surface area contributed by atoms with E-state index in [0.29, 0.717) is 22.5 Å². The number of amides is 2. The normalized spacial score (nSPS) is 13.2. The minimum absolute atomic E-state index is 0.0823. The fourth-order valence-corrected chi connectivity index (χ4v) is 3.05. The van der Waals surface area contributed by atoms with Crippen LogP contribution in [0.1, 0.15) is 35.3 Å². The Morgan fingerprint density at radius 1 is 1.38 bits per heavy atom. The molecule has 0 aliphatic carbocycles. The van der Waals surface area contributed by atoms with Crippen LogP contribution >= 0.6 is 11.6 Å². The number of rotatable bonds is 7. The van der Waals surface area contributed by atoms with Gasteiger partial charge in [-0.1, -0.05) is 25.4 Å². The number of pyridine rings is 2.